The van der Waals surface area contributed by atoms with Crippen LogP contribution in [0.4, 0.5) is 10.1 Å². The second kappa shape index (κ2) is 9.21. The largest absolute Gasteiger partial charge is 0.497 e. The fraction of sp³-hybridized carbons (Fsp3) is 0.333. The van der Waals surface area contributed by atoms with Crippen molar-refractivity contribution in [3.63, 3.8) is 0 Å². The van der Waals surface area contributed by atoms with Crippen LogP contribution in [0.25, 0.3) is 0 Å². The molecule has 0 aromatic heterocycles. The van der Waals surface area contributed by atoms with Crippen molar-refractivity contribution >= 4 is 17.6 Å². The van der Waals surface area contributed by atoms with E-state index in [1.807, 2.05) is 12.1 Å². The summed E-state index contributed by atoms with van der Waals surface area (Å²) in [4.78, 5) is 18.6. The first kappa shape index (κ1) is 19.7. The number of methoxy groups -OCH3 is 1. The van der Waals surface area contributed by atoms with E-state index in [9.17, 15) is 9.18 Å². The van der Waals surface area contributed by atoms with Crippen LogP contribution in [-0.4, -0.2) is 50.6 Å². The predicted molar refractivity (Wildman–Crippen MR) is 108 cm³/mol. The Balaban J connectivity index is 1.51. The van der Waals surface area contributed by atoms with E-state index in [0.29, 0.717) is 17.6 Å². The molecule has 2 N–H and O–H groups in total. The molecule has 1 atom stereocenters. The highest BCUT2D eigenvalue weighted by Crippen LogP contribution is 2.28. The van der Waals surface area contributed by atoms with Gasteiger partial charge >= 0.3 is 0 Å². The third kappa shape index (κ3) is 5.00. The van der Waals surface area contributed by atoms with Gasteiger partial charge in [0.05, 0.1) is 13.7 Å². The number of hydrogen-bond donors (Lipinski definition) is 2. The molecule has 0 bridgehead atoms. The Morgan fingerprint density at radius 1 is 1.29 bits per heavy atom. The molecule has 0 spiro atoms. The van der Waals surface area contributed by atoms with Gasteiger partial charge in [-0.25, -0.2) is 4.39 Å². The molecule has 28 heavy (non-hydrogen) atoms. The maximum Gasteiger partial charge on any atom is 0.243 e. The van der Waals surface area contributed by atoms with Crippen molar-refractivity contribution in [1.29, 1.82) is 0 Å². The second-order valence-electron chi connectivity index (χ2n) is 6.66. The van der Waals surface area contributed by atoms with Gasteiger partial charge in [-0.15, -0.1) is 0 Å². The number of amides is 1. The van der Waals surface area contributed by atoms with Gasteiger partial charge in [0.15, 0.2) is 5.96 Å². The summed E-state index contributed by atoms with van der Waals surface area (Å²) in [5, 5.41) is 5.76. The first-order valence-electron chi connectivity index (χ1n) is 9.24. The lowest BCUT2D eigenvalue weighted by molar-refractivity contribution is -0.115. The molecule has 3 rings (SSSR count). The SMILES string of the molecule is CN=C(NCC(=O)Nc1cccc(F)c1)N1CCC(c2ccc(OC)cc2)C1. The zero-order valence-electron chi connectivity index (χ0n) is 16.1. The smallest absolute Gasteiger partial charge is 0.243 e. The zero-order valence-corrected chi connectivity index (χ0v) is 16.1. The van der Waals surface area contributed by atoms with Crippen LogP contribution in [-0.2, 0) is 4.79 Å². The Morgan fingerprint density at radius 2 is 2.07 bits per heavy atom. The monoisotopic (exact) mass is 384 g/mol. The molecule has 7 heteroatoms. The number of aliphatic imine (C=N–C) groups is 1. The van der Waals surface area contributed by atoms with E-state index in [1.54, 1.807) is 26.3 Å². The Kier molecular flexibility index (Phi) is 6.47. The van der Waals surface area contributed by atoms with E-state index in [4.69, 9.17) is 4.74 Å². The van der Waals surface area contributed by atoms with Gasteiger partial charge in [0.25, 0.3) is 0 Å². The lowest BCUT2D eigenvalue weighted by Gasteiger charge is -2.21. The number of guanidine groups is 1. The first-order valence-corrected chi connectivity index (χ1v) is 9.24. The summed E-state index contributed by atoms with van der Waals surface area (Å²) >= 11 is 0. The Bertz CT molecular complexity index is 839. The van der Waals surface area contributed by atoms with Crippen LogP contribution in [0, 0.1) is 5.82 Å². The number of likely N-dealkylation sites (tertiary alicyclic amines) is 1. The van der Waals surface area contributed by atoms with Gasteiger partial charge in [-0.2, -0.15) is 0 Å². The lowest BCUT2D eigenvalue weighted by atomic mass is 9.98. The van der Waals surface area contributed by atoms with E-state index >= 15 is 0 Å². The number of carbonyl (C=O) groups excluding carboxylic acids is 1. The molecule has 1 amide bonds. The van der Waals surface area contributed by atoms with E-state index in [-0.39, 0.29) is 18.3 Å². The fourth-order valence-corrected chi connectivity index (χ4v) is 3.36. The third-order valence-electron chi connectivity index (χ3n) is 4.80. The Hall–Kier alpha value is -3.09. The molecule has 6 nitrogen and oxygen atoms in total. The predicted octanol–water partition coefficient (Wildman–Crippen LogP) is 2.84. The van der Waals surface area contributed by atoms with Crippen LogP contribution >= 0.6 is 0 Å². The van der Waals surface area contributed by atoms with Crippen LogP contribution in [0.1, 0.15) is 17.9 Å². The Morgan fingerprint density at radius 3 is 2.75 bits per heavy atom. The normalized spacial score (nSPS) is 16.8. The van der Waals surface area contributed by atoms with Crippen molar-refractivity contribution in [2.75, 3.05) is 39.1 Å². The van der Waals surface area contributed by atoms with Gasteiger partial charge in [-0.1, -0.05) is 18.2 Å². The number of nitrogens with zero attached hydrogens (tertiary/aromatic N) is 2. The minimum atomic E-state index is -0.386. The molecule has 1 unspecified atom stereocenters. The molecular weight excluding hydrogens is 359 g/mol. The molecule has 1 fully saturated rings. The maximum atomic E-state index is 13.2. The summed E-state index contributed by atoms with van der Waals surface area (Å²) in [6.45, 7) is 1.76. The van der Waals surface area contributed by atoms with Crippen LogP contribution < -0.4 is 15.4 Å². The number of nitrogens with one attached hydrogen (secondary N) is 2. The molecule has 0 aliphatic carbocycles. The average molecular weight is 384 g/mol. The third-order valence-corrected chi connectivity index (χ3v) is 4.80. The zero-order chi connectivity index (χ0) is 19.9. The van der Waals surface area contributed by atoms with E-state index in [1.165, 1.54) is 17.7 Å². The number of ether oxygens (including phenoxy) is 1. The summed E-state index contributed by atoms with van der Waals surface area (Å²) in [6, 6.07) is 14.0. The highest BCUT2D eigenvalue weighted by Gasteiger charge is 2.26. The minimum absolute atomic E-state index is 0.0624. The van der Waals surface area contributed by atoms with Gasteiger partial charge in [0.1, 0.15) is 11.6 Å². The van der Waals surface area contributed by atoms with Crippen molar-refractivity contribution in [3.05, 3.63) is 59.9 Å². The Labute approximate surface area is 164 Å². The summed E-state index contributed by atoms with van der Waals surface area (Å²) in [7, 11) is 3.36. The molecule has 1 saturated heterocycles. The van der Waals surface area contributed by atoms with Gasteiger partial charge in [-0.3, -0.25) is 9.79 Å². The van der Waals surface area contributed by atoms with Crippen molar-refractivity contribution in [2.45, 2.75) is 12.3 Å². The van der Waals surface area contributed by atoms with Gasteiger partial charge in [0.2, 0.25) is 5.91 Å². The second-order valence-corrected chi connectivity index (χ2v) is 6.66. The summed E-state index contributed by atoms with van der Waals surface area (Å²) in [5.41, 5.74) is 1.70. The molecular formula is C21H25FN4O2. The molecule has 148 valence electrons. The summed E-state index contributed by atoms with van der Waals surface area (Å²) in [6.07, 6.45) is 1.02. The first-order chi connectivity index (χ1) is 13.6. The fourth-order valence-electron chi connectivity index (χ4n) is 3.36. The van der Waals surface area contributed by atoms with Crippen LogP contribution in [0.5, 0.6) is 5.75 Å². The van der Waals surface area contributed by atoms with Crippen molar-refractivity contribution in [1.82, 2.24) is 10.2 Å². The lowest BCUT2D eigenvalue weighted by Crippen LogP contribution is -2.43. The van der Waals surface area contributed by atoms with Gasteiger partial charge in [0, 0.05) is 31.7 Å². The molecule has 2 aromatic carbocycles. The minimum Gasteiger partial charge on any atom is -0.497 e. The van der Waals surface area contributed by atoms with E-state index < -0.39 is 0 Å². The highest BCUT2D eigenvalue weighted by atomic mass is 19.1. The van der Waals surface area contributed by atoms with Crippen molar-refractivity contribution in [3.8, 4) is 5.75 Å². The molecule has 1 aliphatic heterocycles. The topological polar surface area (TPSA) is 66.0 Å². The number of benzene rings is 2. The van der Waals surface area contributed by atoms with Gasteiger partial charge in [-0.05, 0) is 42.3 Å². The van der Waals surface area contributed by atoms with Crippen LogP contribution in [0.2, 0.25) is 0 Å². The quantitative estimate of drug-likeness (QED) is 0.615. The standard InChI is InChI=1S/C21H25FN4O2/c1-23-21(24-13-20(27)25-18-5-3-4-17(22)12-18)26-11-10-16(14-26)15-6-8-19(28-2)9-7-15/h3-9,12,16H,10-11,13-14H2,1-2H3,(H,23,24)(H,25,27). The molecule has 0 radical (unpaired) electrons. The summed E-state index contributed by atoms with van der Waals surface area (Å²) < 4.78 is 18.4. The van der Waals surface area contributed by atoms with Crippen molar-refractivity contribution in [2.24, 2.45) is 4.99 Å². The van der Waals surface area contributed by atoms with Gasteiger partial charge < -0.3 is 20.3 Å². The number of anilines is 1. The van der Waals surface area contributed by atoms with Crippen LogP contribution in [0.3, 0.4) is 0 Å². The average Bonchev–Trinajstić information content (AvgIpc) is 3.18. The number of carbonyl (C=O) groups is 1. The molecule has 1 heterocycles. The van der Waals surface area contributed by atoms with E-state index in [2.05, 4.69) is 32.7 Å². The van der Waals surface area contributed by atoms with Crippen molar-refractivity contribution < 1.29 is 13.9 Å². The highest BCUT2D eigenvalue weighted by molar-refractivity contribution is 5.95. The summed E-state index contributed by atoms with van der Waals surface area (Å²) in [5.74, 6) is 1.30. The molecule has 2 aromatic rings. The number of halogens is 1. The maximum absolute atomic E-state index is 13.2. The molecule has 0 saturated carbocycles. The number of rotatable bonds is 5. The van der Waals surface area contributed by atoms with E-state index in [0.717, 1.165) is 25.3 Å². The number of hydrogen-bond acceptors (Lipinski definition) is 3. The molecule has 1 aliphatic rings. The van der Waals surface area contributed by atoms with Crippen LogP contribution in [0.15, 0.2) is 53.5 Å².